The van der Waals surface area contributed by atoms with Gasteiger partial charge in [-0.3, -0.25) is 0 Å². The Labute approximate surface area is 189 Å². The molecule has 0 aliphatic carbocycles. The third-order valence-corrected chi connectivity index (χ3v) is 6.81. The zero-order valence-electron chi connectivity index (χ0n) is 16.0. The predicted molar refractivity (Wildman–Crippen MR) is 131 cm³/mol. The first-order valence-corrected chi connectivity index (χ1v) is 12.0. The Hall–Kier alpha value is -2.73. The van der Waals surface area contributed by atoms with Gasteiger partial charge in [0.05, 0.1) is 10.6 Å². The van der Waals surface area contributed by atoms with Crippen LogP contribution in [0.5, 0.6) is 5.75 Å². The van der Waals surface area contributed by atoms with E-state index in [1.54, 1.807) is 34.9 Å². The van der Waals surface area contributed by atoms with Gasteiger partial charge in [-0.1, -0.05) is 78.1 Å². The molecule has 148 valence electrons. The summed E-state index contributed by atoms with van der Waals surface area (Å²) in [7, 11) is 0. The first kappa shape index (κ1) is 20.5. The van der Waals surface area contributed by atoms with Gasteiger partial charge in [-0.2, -0.15) is 11.3 Å². The van der Waals surface area contributed by atoms with Crippen LogP contribution in [-0.4, -0.2) is 5.90 Å². The van der Waals surface area contributed by atoms with Gasteiger partial charge in [0, 0.05) is 15.2 Å². The second-order valence-electron chi connectivity index (χ2n) is 6.14. The van der Waals surface area contributed by atoms with Gasteiger partial charge in [0.15, 0.2) is 0 Å². The van der Waals surface area contributed by atoms with Crippen LogP contribution in [0.1, 0.15) is 0 Å². The Balaban J connectivity index is 1.71. The van der Waals surface area contributed by atoms with Crippen molar-refractivity contribution in [3.63, 3.8) is 0 Å². The van der Waals surface area contributed by atoms with Crippen LogP contribution >= 0.6 is 34.9 Å². The fourth-order valence-corrected chi connectivity index (χ4v) is 5.05. The van der Waals surface area contributed by atoms with E-state index in [1.165, 1.54) is 4.90 Å². The number of thioether (sulfide) groups is 2. The molecule has 0 atom stereocenters. The molecule has 0 radical (unpaired) electrons. The van der Waals surface area contributed by atoms with E-state index in [-0.39, 0.29) is 0 Å². The summed E-state index contributed by atoms with van der Waals surface area (Å²) in [6.45, 7) is 0. The highest BCUT2D eigenvalue weighted by Crippen LogP contribution is 2.34. The lowest BCUT2D eigenvalue weighted by Gasteiger charge is -2.12. The van der Waals surface area contributed by atoms with Crippen LogP contribution in [0.4, 0.5) is 5.69 Å². The molecule has 0 N–H and O–H groups in total. The molecule has 4 rings (SSSR count). The first-order chi connectivity index (χ1) is 14.9. The number of nitrogens with zero attached hydrogens (tertiary/aromatic N) is 1. The molecule has 1 heterocycles. The average Bonchev–Trinajstić information content (AvgIpc) is 3.32. The Morgan fingerprint density at radius 2 is 1.43 bits per heavy atom. The van der Waals surface area contributed by atoms with E-state index in [9.17, 15) is 0 Å². The Morgan fingerprint density at radius 3 is 2.10 bits per heavy atom. The molecule has 0 saturated heterocycles. The van der Waals surface area contributed by atoms with E-state index >= 15 is 0 Å². The van der Waals surface area contributed by atoms with Gasteiger partial charge < -0.3 is 4.74 Å². The second kappa shape index (κ2) is 10.9. The van der Waals surface area contributed by atoms with Gasteiger partial charge in [-0.25, -0.2) is 4.99 Å². The molecule has 0 unspecified atom stereocenters. The van der Waals surface area contributed by atoms with Crippen molar-refractivity contribution in [1.82, 2.24) is 0 Å². The minimum atomic E-state index is 0.576. The van der Waals surface area contributed by atoms with E-state index in [0.29, 0.717) is 5.90 Å². The highest BCUT2D eigenvalue weighted by Gasteiger charge is 2.14. The maximum atomic E-state index is 6.27. The first-order valence-electron chi connectivity index (χ1n) is 9.36. The third-order valence-electron chi connectivity index (χ3n) is 3.92. The van der Waals surface area contributed by atoms with Crippen molar-refractivity contribution in [2.75, 3.05) is 0 Å². The molecular formula is C25H19NOS3. The Morgan fingerprint density at radius 1 is 0.767 bits per heavy atom. The number of ether oxygens (including phenoxy) is 1. The molecule has 0 amide bonds. The van der Waals surface area contributed by atoms with Crippen LogP contribution in [0.15, 0.2) is 133 Å². The summed E-state index contributed by atoms with van der Waals surface area (Å²) >= 11 is 5.00. The molecule has 0 aliphatic heterocycles. The van der Waals surface area contributed by atoms with Crippen LogP contribution in [0.25, 0.3) is 0 Å². The molecule has 1 aromatic heterocycles. The average molecular weight is 446 g/mol. The molecule has 3 aromatic carbocycles. The van der Waals surface area contributed by atoms with Gasteiger partial charge in [0.25, 0.3) is 0 Å². The number of aliphatic imine (C=N–C) groups is 1. The monoisotopic (exact) mass is 445 g/mol. The molecule has 4 aromatic rings. The number of hydrogen-bond donors (Lipinski definition) is 0. The molecule has 0 bridgehead atoms. The fourth-order valence-electron chi connectivity index (χ4n) is 2.52. The van der Waals surface area contributed by atoms with E-state index in [4.69, 9.17) is 9.73 Å². The molecule has 30 heavy (non-hydrogen) atoms. The van der Waals surface area contributed by atoms with E-state index in [2.05, 4.69) is 34.4 Å². The highest BCUT2D eigenvalue weighted by molar-refractivity contribution is 8.07. The third kappa shape index (κ3) is 6.13. The van der Waals surface area contributed by atoms with E-state index in [1.807, 2.05) is 78.9 Å². The molecule has 5 heteroatoms. The van der Waals surface area contributed by atoms with Crippen molar-refractivity contribution < 1.29 is 4.74 Å². The minimum Gasteiger partial charge on any atom is -0.438 e. The van der Waals surface area contributed by atoms with Crippen molar-refractivity contribution in [2.45, 2.75) is 9.79 Å². The van der Waals surface area contributed by atoms with E-state index in [0.717, 1.165) is 21.2 Å². The number of hydrogen-bond acceptors (Lipinski definition) is 5. The SMILES string of the molecule is C(/Sc1ccccc1)=C(Sc1ccsc1)\C(=N\c1ccccc1)Oc1ccccc1. The number of para-hydroxylation sites is 2. The van der Waals surface area contributed by atoms with Gasteiger partial charge in [-0.05, 0) is 53.3 Å². The van der Waals surface area contributed by atoms with Crippen molar-refractivity contribution in [1.29, 1.82) is 0 Å². The van der Waals surface area contributed by atoms with Crippen molar-refractivity contribution >= 4 is 46.4 Å². The normalized spacial score (nSPS) is 12.0. The molecule has 0 spiro atoms. The molecule has 2 nitrogen and oxygen atoms in total. The summed E-state index contributed by atoms with van der Waals surface area (Å²) < 4.78 is 6.27. The van der Waals surface area contributed by atoms with Crippen LogP contribution in [0.2, 0.25) is 0 Å². The van der Waals surface area contributed by atoms with Crippen LogP contribution in [0.3, 0.4) is 0 Å². The smallest absolute Gasteiger partial charge is 0.234 e. The Kier molecular flexibility index (Phi) is 7.45. The van der Waals surface area contributed by atoms with Gasteiger partial charge in [0.1, 0.15) is 5.75 Å². The molecule has 0 aliphatic rings. The molecule has 0 saturated carbocycles. The van der Waals surface area contributed by atoms with Gasteiger partial charge >= 0.3 is 0 Å². The van der Waals surface area contributed by atoms with Crippen LogP contribution in [0, 0.1) is 0 Å². The minimum absolute atomic E-state index is 0.576. The van der Waals surface area contributed by atoms with Crippen molar-refractivity contribution in [3.8, 4) is 5.75 Å². The molecule has 0 fully saturated rings. The predicted octanol–water partition coefficient (Wildman–Crippen LogP) is 8.28. The second-order valence-corrected chi connectivity index (χ2v) is 8.98. The van der Waals surface area contributed by atoms with Gasteiger partial charge in [0.2, 0.25) is 5.90 Å². The van der Waals surface area contributed by atoms with Crippen molar-refractivity contribution in [2.24, 2.45) is 4.99 Å². The lowest BCUT2D eigenvalue weighted by Crippen LogP contribution is -2.10. The lowest BCUT2D eigenvalue weighted by atomic mass is 10.3. The van der Waals surface area contributed by atoms with Gasteiger partial charge in [-0.15, -0.1) is 0 Å². The van der Waals surface area contributed by atoms with Crippen LogP contribution < -0.4 is 4.74 Å². The van der Waals surface area contributed by atoms with Crippen LogP contribution in [-0.2, 0) is 0 Å². The maximum Gasteiger partial charge on any atom is 0.234 e. The summed E-state index contributed by atoms with van der Waals surface area (Å²) in [6, 6.07) is 32.1. The summed E-state index contributed by atoms with van der Waals surface area (Å²) in [5.74, 6) is 1.33. The quantitative estimate of drug-likeness (QED) is 0.162. The summed E-state index contributed by atoms with van der Waals surface area (Å²) in [4.78, 5) is 8.13. The number of thiophene rings is 1. The zero-order chi connectivity index (χ0) is 20.4. The zero-order valence-corrected chi connectivity index (χ0v) is 18.5. The standard InChI is InChI=1S/C25H19NOS3/c1-4-10-20(11-5-1)26-25(27-21-12-6-2-7-13-21)24(30-23-16-17-28-18-23)19-29-22-14-8-3-9-15-22/h1-19H/b24-19-,26-25-. The number of benzene rings is 3. The lowest BCUT2D eigenvalue weighted by molar-refractivity contribution is 0.554. The van der Waals surface area contributed by atoms with E-state index < -0.39 is 0 Å². The summed E-state index contributed by atoms with van der Waals surface area (Å²) in [5, 5.41) is 6.33. The topological polar surface area (TPSA) is 21.6 Å². The summed E-state index contributed by atoms with van der Waals surface area (Å²) in [5.41, 5.74) is 0.852. The summed E-state index contributed by atoms with van der Waals surface area (Å²) in [6.07, 6.45) is 0. The fraction of sp³-hybridized carbons (Fsp3) is 0. The highest BCUT2D eigenvalue weighted by atomic mass is 32.2. The largest absolute Gasteiger partial charge is 0.438 e. The molecular weight excluding hydrogens is 426 g/mol. The maximum absolute atomic E-state index is 6.27. The Bertz CT molecular complexity index is 1090. The number of rotatable bonds is 7. The van der Waals surface area contributed by atoms with Crippen molar-refractivity contribution in [3.05, 3.63) is 118 Å².